The van der Waals surface area contributed by atoms with Gasteiger partial charge in [0.25, 0.3) is 0 Å². The highest BCUT2D eigenvalue weighted by atomic mass is 16.5. The molecule has 1 aromatic rings. The quantitative estimate of drug-likeness (QED) is 0.748. The van der Waals surface area contributed by atoms with Crippen molar-refractivity contribution in [2.45, 2.75) is 32.2 Å². The minimum atomic E-state index is 0.481. The summed E-state index contributed by atoms with van der Waals surface area (Å²) in [5.74, 6) is 2.20. The van der Waals surface area contributed by atoms with Crippen LogP contribution in [0.2, 0.25) is 0 Å². The van der Waals surface area contributed by atoms with Gasteiger partial charge in [-0.25, -0.2) is 0 Å². The lowest BCUT2D eigenvalue weighted by Crippen LogP contribution is -2.36. The summed E-state index contributed by atoms with van der Waals surface area (Å²) in [6, 6.07) is 0.481. The van der Waals surface area contributed by atoms with Crippen LogP contribution in [0, 0.1) is 12.8 Å². The average Bonchev–Trinajstić information content (AvgIpc) is 3.02. The van der Waals surface area contributed by atoms with E-state index in [1.54, 1.807) is 7.11 Å². The van der Waals surface area contributed by atoms with E-state index in [1.807, 2.05) is 6.92 Å². The van der Waals surface area contributed by atoms with Gasteiger partial charge in [-0.05, 0) is 25.7 Å². The molecule has 1 fully saturated rings. The van der Waals surface area contributed by atoms with E-state index in [0.29, 0.717) is 17.8 Å². The Morgan fingerprint density at radius 1 is 1.56 bits per heavy atom. The van der Waals surface area contributed by atoms with Crippen LogP contribution in [0.25, 0.3) is 0 Å². The summed E-state index contributed by atoms with van der Waals surface area (Å²) in [6.07, 6.45) is 3.43. The maximum absolute atomic E-state index is 5.20. The lowest BCUT2D eigenvalue weighted by molar-refractivity contribution is 0.157. The van der Waals surface area contributed by atoms with Gasteiger partial charge >= 0.3 is 0 Å². The number of aromatic nitrogens is 2. The highest BCUT2D eigenvalue weighted by Crippen LogP contribution is 2.32. The Hall–Kier alpha value is -0.940. The lowest BCUT2D eigenvalue weighted by atomic mass is 10.2. The predicted octanol–water partition coefficient (Wildman–Crippen LogP) is 0.935. The van der Waals surface area contributed by atoms with E-state index in [0.717, 1.165) is 25.5 Å². The summed E-state index contributed by atoms with van der Waals surface area (Å²) in [7, 11) is 1.75. The van der Waals surface area contributed by atoms with Crippen molar-refractivity contribution in [1.82, 2.24) is 15.5 Å². The van der Waals surface area contributed by atoms with E-state index >= 15 is 0 Å². The summed E-state index contributed by atoms with van der Waals surface area (Å²) >= 11 is 0. The van der Waals surface area contributed by atoms with Crippen LogP contribution in [-0.4, -0.2) is 36.4 Å². The van der Waals surface area contributed by atoms with Gasteiger partial charge in [-0.3, -0.25) is 0 Å². The molecule has 1 heterocycles. The third kappa shape index (κ3) is 3.28. The number of hydrogen-bond donors (Lipinski definition) is 1. The van der Waals surface area contributed by atoms with E-state index in [4.69, 9.17) is 9.26 Å². The molecule has 0 bridgehead atoms. The third-order valence-corrected chi connectivity index (χ3v) is 2.85. The SMILES string of the molecule is COCC(NCCc1nc(C)no1)C1CC1. The predicted molar refractivity (Wildman–Crippen MR) is 59.1 cm³/mol. The highest BCUT2D eigenvalue weighted by molar-refractivity contribution is 4.88. The van der Waals surface area contributed by atoms with Gasteiger partial charge in [-0.1, -0.05) is 5.16 Å². The number of ether oxygens (including phenoxy) is 1. The molecule has 0 amide bonds. The van der Waals surface area contributed by atoms with E-state index in [-0.39, 0.29) is 0 Å². The first kappa shape index (κ1) is 11.5. The maximum Gasteiger partial charge on any atom is 0.227 e. The molecule has 0 saturated heterocycles. The van der Waals surface area contributed by atoms with Gasteiger partial charge in [-0.2, -0.15) is 4.98 Å². The molecule has 1 saturated carbocycles. The van der Waals surface area contributed by atoms with Crippen molar-refractivity contribution in [3.63, 3.8) is 0 Å². The van der Waals surface area contributed by atoms with E-state index in [9.17, 15) is 0 Å². The smallest absolute Gasteiger partial charge is 0.227 e. The fraction of sp³-hybridized carbons (Fsp3) is 0.818. The molecule has 1 unspecified atom stereocenters. The van der Waals surface area contributed by atoms with Crippen LogP contribution in [0.1, 0.15) is 24.6 Å². The van der Waals surface area contributed by atoms with Gasteiger partial charge in [0.1, 0.15) is 0 Å². The van der Waals surface area contributed by atoms with Crippen LogP contribution in [0.5, 0.6) is 0 Å². The molecule has 16 heavy (non-hydrogen) atoms. The standard InChI is InChI=1S/C11H19N3O2/c1-8-13-11(16-14-8)5-6-12-10(7-15-2)9-3-4-9/h9-10,12H,3-7H2,1-2H3. The zero-order valence-electron chi connectivity index (χ0n) is 9.90. The van der Waals surface area contributed by atoms with Gasteiger partial charge in [0, 0.05) is 26.1 Å². The Balaban J connectivity index is 1.69. The second kappa shape index (κ2) is 5.41. The van der Waals surface area contributed by atoms with Crippen LogP contribution in [0.15, 0.2) is 4.52 Å². The number of aryl methyl sites for hydroxylation is 1. The van der Waals surface area contributed by atoms with Crippen molar-refractivity contribution in [3.05, 3.63) is 11.7 Å². The molecule has 0 spiro atoms. The van der Waals surface area contributed by atoms with Crippen LogP contribution >= 0.6 is 0 Å². The van der Waals surface area contributed by atoms with Gasteiger partial charge in [0.15, 0.2) is 5.82 Å². The molecule has 1 aromatic heterocycles. The molecule has 5 nitrogen and oxygen atoms in total. The molecule has 0 aromatic carbocycles. The monoisotopic (exact) mass is 225 g/mol. The number of rotatable bonds is 7. The van der Waals surface area contributed by atoms with Crippen molar-refractivity contribution in [1.29, 1.82) is 0 Å². The van der Waals surface area contributed by atoms with Gasteiger partial charge in [0.2, 0.25) is 5.89 Å². The number of nitrogens with one attached hydrogen (secondary N) is 1. The first-order valence-corrected chi connectivity index (χ1v) is 5.81. The fourth-order valence-electron chi connectivity index (χ4n) is 1.85. The number of methoxy groups -OCH3 is 1. The summed E-state index contributed by atoms with van der Waals surface area (Å²) in [5.41, 5.74) is 0. The van der Waals surface area contributed by atoms with E-state index in [1.165, 1.54) is 12.8 Å². The minimum Gasteiger partial charge on any atom is -0.383 e. The summed E-state index contributed by atoms with van der Waals surface area (Å²) in [4.78, 5) is 4.16. The summed E-state index contributed by atoms with van der Waals surface area (Å²) in [5, 5.41) is 7.25. The van der Waals surface area contributed by atoms with Crippen molar-refractivity contribution in [3.8, 4) is 0 Å². The first-order valence-electron chi connectivity index (χ1n) is 5.81. The first-order chi connectivity index (χ1) is 7.79. The Bertz CT molecular complexity index is 323. The third-order valence-electron chi connectivity index (χ3n) is 2.85. The lowest BCUT2D eigenvalue weighted by Gasteiger charge is -2.16. The van der Waals surface area contributed by atoms with Gasteiger partial charge in [-0.15, -0.1) is 0 Å². The molecular weight excluding hydrogens is 206 g/mol. The van der Waals surface area contributed by atoms with Crippen molar-refractivity contribution >= 4 is 0 Å². The molecule has 5 heteroatoms. The Labute approximate surface area is 95.6 Å². The van der Waals surface area contributed by atoms with Gasteiger partial charge in [0.05, 0.1) is 6.61 Å². The topological polar surface area (TPSA) is 60.2 Å². The second-order valence-corrected chi connectivity index (χ2v) is 4.34. The highest BCUT2D eigenvalue weighted by Gasteiger charge is 2.30. The van der Waals surface area contributed by atoms with Crippen molar-refractivity contribution in [2.75, 3.05) is 20.3 Å². The minimum absolute atomic E-state index is 0.481. The van der Waals surface area contributed by atoms with Crippen LogP contribution < -0.4 is 5.32 Å². The molecule has 0 radical (unpaired) electrons. The molecule has 1 atom stereocenters. The average molecular weight is 225 g/mol. The van der Waals surface area contributed by atoms with Crippen molar-refractivity contribution < 1.29 is 9.26 Å². The van der Waals surface area contributed by atoms with E-state index in [2.05, 4.69) is 15.5 Å². The molecule has 0 aliphatic heterocycles. The number of hydrogen-bond acceptors (Lipinski definition) is 5. The normalized spacial score (nSPS) is 17.6. The summed E-state index contributed by atoms with van der Waals surface area (Å²) in [6.45, 7) is 3.48. The molecule has 90 valence electrons. The fourth-order valence-corrected chi connectivity index (χ4v) is 1.85. The Morgan fingerprint density at radius 3 is 2.94 bits per heavy atom. The van der Waals surface area contributed by atoms with Gasteiger partial charge < -0.3 is 14.6 Å². The molecule has 1 N–H and O–H groups in total. The molecule has 1 aliphatic carbocycles. The molecular formula is C11H19N3O2. The largest absolute Gasteiger partial charge is 0.383 e. The molecule has 2 rings (SSSR count). The second-order valence-electron chi connectivity index (χ2n) is 4.34. The van der Waals surface area contributed by atoms with Crippen LogP contribution in [0.4, 0.5) is 0 Å². The zero-order chi connectivity index (χ0) is 11.4. The molecule has 1 aliphatic rings. The zero-order valence-corrected chi connectivity index (χ0v) is 9.90. The Kier molecular flexibility index (Phi) is 3.90. The Morgan fingerprint density at radius 2 is 2.38 bits per heavy atom. The maximum atomic E-state index is 5.20. The van der Waals surface area contributed by atoms with Crippen molar-refractivity contribution in [2.24, 2.45) is 5.92 Å². The number of nitrogens with zero attached hydrogens (tertiary/aromatic N) is 2. The van der Waals surface area contributed by atoms with Crippen LogP contribution in [0.3, 0.4) is 0 Å². The van der Waals surface area contributed by atoms with E-state index < -0.39 is 0 Å². The van der Waals surface area contributed by atoms with Crippen LogP contribution in [-0.2, 0) is 11.2 Å². The summed E-state index contributed by atoms with van der Waals surface area (Å²) < 4.78 is 10.2.